The number of halogens is 2. The molecule has 0 atom stereocenters. The van der Waals surface area contributed by atoms with Gasteiger partial charge in [-0.25, -0.2) is 4.39 Å². The molecule has 0 aliphatic carbocycles. The van der Waals surface area contributed by atoms with E-state index < -0.39 is 5.82 Å². The van der Waals surface area contributed by atoms with E-state index in [0.717, 1.165) is 0 Å². The Morgan fingerprint density at radius 3 is 2.72 bits per heavy atom. The van der Waals surface area contributed by atoms with Crippen LogP contribution in [0, 0.1) is 17.1 Å². The van der Waals surface area contributed by atoms with Crippen LogP contribution < -0.4 is 10.5 Å². The highest BCUT2D eigenvalue weighted by molar-refractivity contribution is 6.33. The quantitative estimate of drug-likeness (QED) is 0.839. The van der Waals surface area contributed by atoms with Crippen LogP contribution in [-0.4, -0.2) is 0 Å². The van der Waals surface area contributed by atoms with Gasteiger partial charge in [0, 0.05) is 6.07 Å². The molecule has 0 aliphatic rings. The van der Waals surface area contributed by atoms with Crippen molar-refractivity contribution in [3.05, 3.63) is 52.8 Å². The minimum absolute atomic E-state index is 0.137. The Labute approximate surface area is 108 Å². The Hall–Kier alpha value is -2.25. The summed E-state index contributed by atoms with van der Waals surface area (Å²) in [4.78, 5) is 0. The molecule has 2 N–H and O–H groups in total. The van der Waals surface area contributed by atoms with Crippen LogP contribution >= 0.6 is 11.6 Å². The molecule has 0 unspecified atom stereocenters. The molecule has 3 nitrogen and oxygen atoms in total. The summed E-state index contributed by atoms with van der Waals surface area (Å²) in [6.45, 7) is 0. The fourth-order valence-corrected chi connectivity index (χ4v) is 1.57. The molecule has 90 valence electrons. The van der Waals surface area contributed by atoms with Crippen molar-refractivity contribution < 1.29 is 9.13 Å². The summed E-state index contributed by atoms with van der Waals surface area (Å²) in [7, 11) is 0. The van der Waals surface area contributed by atoms with Gasteiger partial charge in [-0.05, 0) is 24.3 Å². The van der Waals surface area contributed by atoms with Gasteiger partial charge in [0.25, 0.3) is 0 Å². The predicted molar refractivity (Wildman–Crippen MR) is 67.1 cm³/mol. The Morgan fingerprint density at radius 1 is 1.28 bits per heavy atom. The number of nitrogens with two attached hydrogens (primary N) is 1. The zero-order valence-corrected chi connectivity index (χ0v) is 9.91. The fourth-order valence-electron chi connectivity index (χ4n) is 1.40. The summed E-state index contributed by atoms with van der Waals surface area (Å²) in [6.07, 6.45) is 0. The molecular weight excluding hydrogens is 255 g/mol. The lowest BCUT2D eigenvalue weighted by atomic mass is 10.2. The monoisotopic (exact) mass is 262 g/mol. The van der Waals surface area contributed by atoms with Crippen molar-refractivity contribution in [1.29, 1.82) is 5.26 Å². The van der Waals surface area contributed by atoms with Crippen molar-refractivity contribution in [3.63, 3.8) is 0 Å². The maximum atomic E-state index is 13.3. The first-order valence-corrected chi connectivity index (χ1v) is 5.41. The van der Waals surface area contributed by atoms with E-state index in [2.05, 4.69) is 0 Å². The van der Waals surface area contributed by atoms with E-state index in [-0.39, 0.29) is 11.3 Å². The molecule has 2 rings (SSSR count). The van der Waals surface area contributed by atoms with Crippen LogP contribution in [0.15, 0.2) is 36.4 Å². The SMILES string of the molecule is N#Cc1c(F)cccc1Oc1ccc(N)c(Cl)c1. The molecule has 0 amide bonds. The standard InChI is InChI=1S/C13H8ClFN2O/c14-10-6-8(4-5-12(10)17)18-13-3-1-2-11(15)9(13)7-16/h1-6H,17H2. The molecule has 0 aromatic heterocycles. The van der Waals surface area contributed by atoms with Crippen molar-refractivity contribution in [2.75, 3.05) is 5.73 Å². The number of nitriles is 1. The summed E-state index contributed by atoms with van der Waals surface area (Å²) in [5, 5.41) is 9.20. The molecule has 0 saturated carbocycles. The molecule has 18 heavy (non-hydrogen) atoms. The Morgan fingerprint density at radius 2 is 2.06 bits per heavy atom. The van der Waals surface area contributed by atoms with Crippen LogP contribution in [0.3, 0.4) is 0 Å². The number of hydrogen-bond acceptors (Lipinski definition) is 3. The number of rotatable bonds is 2. The van der Waals surface area contributed by atoms with Crippen molar-refractivity contribution in [1.82, 2.24) is 0 Å². The number of hydrogen-bond donors (Lipinski definition) is 1. The summed E-state index contributed by atoms with van der Waals surface area (Å²) in [6, 6.07) is 10.6. The van der Waals surface area contributed by atoms with E-state index in [1.807, 2.05) is 0 Å². The van der Waals surface area contributed by atoms with Crippen molar-refractivity contribution in [2.24, 2.45) is 0 Å². The molecule has 5 heteroatoms. The van der Waals surface area contributed by atoms with Crippen LogP contribution in [0.5, 0.6) is 11.5 Å². The zero-order valence-electron chi connectivity index (χ0n) is 9.15. The van der Waals surface area contributed by atoms with E-state index in [9.17, 15) is 4.39 Å². The largest absolute Gasteiger partial charge is 0.456 e. The second-order valence-electron chi connectivity index (χ2n) is 3.51. The maximum absolute atomic E-state index is 13.3. The minimum Gasteiger partial charge on any atom is -0.456 e. The first-order valence-electron chi connectivity index (χ1n) is 5.03. The molecule has 2 aromatic rings. The molecular formula is C13H8ClFN2O. The molecule has 0 radical (unpaired) electrons. The van der Waals surface area contributed by atoms with E-state index in [0.29, 0.717) is 16.5 Å². The van der Waals surface area contributed by atoms with Gasteiger partial charge in [-0.1, -0.05) is 17.7 Å². The first kappa shape index (κ1) is 12.2. The molecule has 0 bridgehead atoms. The highest BCUT2D eigenvalue weighted by Crippen LogP contribution is 2.30. The predicted octanol–water partition coefficient (Wildman–Crippen LogP) is 3.73. The van der Waals surface area contributed by atoms with Crippen LogP contribution in [0.4, 0.5) is 10.1 Å². The summed E-state index contributed by atoms with van der Waals surface area (Å²) in [5.74, 6) is -0.105. The molecule has 0 spiro atoms. The zero-order chi connectivity index (χ0) is 13.1. The molecule has 0 saturated heterocycles. The van der Waals surface area contributed by atoms with Crippen LogP contribution in [0.25, 0.3) is 0 Å². The van der Waals surface area contributed by atoms with E-state index in [4.69, 9.17) is 27.3 Å². The third kappa shape index (κ3) is 2.36. The Kier molecular flexibility index (Phi) is 3.35. The maximum Gasteiger partial charge on any atom is 0.148 e. The van der Waals surface area contributed by atoms with E-state index >= 15 is 0 Å². The second-order valence-corrected chi connectivity index (χ2v) is 3.92. The lowest BCUT2D eigenvalue weighted by molar-refractivity contribution is 0.474. The smallest absolute Gasteiger partial charge is 0.148 e. The van der Waals surface area contributed by atoms with Gasteiger partial charge in [0.2, 0.25) is 0 Å². The summed E-state index contributed by atoms with van der Waals surface area (Å²) >= 11 is 5.84. The van der Waals surface area contributed by atoms with Gasteiger partial charge in [0.1, 0.15) is 28.9 Å². The van der Waals surface area contributed by atoms with Gasteiger partial charge in [0.05, 0.1) is 10.7 Å². The van der Waals surface area contributed by atoms with Gasteiger partial charge >= 0.3 is 0 Å². The van der Waals surface area contributed by atoms with Crippen molar-refractivity contribution in [3.8, 4) is 17.6 Å². The summed E-state index contributed by atoms with van der Waals surface area (Å²) < 4.78 is 18.8. The lowest BCUT2D eigenvalue weighted by Crippen LogP contribution is -1.92. The third-order valence-corrected chi connectivity index (χ3v) is 2.61. The molecule has 2 aromatic carbocycles. The third-order valence-electron chi connectivity index (χ3n) is 2.29. The number of nitrogen functional groups attached to an aromatic ring is 1. The normalized spacial score (nSPS) is 9.83. The highest BCUT2D eigenvalue weighted by atomic mass is 35.5. The highest BCUT2D eigenvalue weighted by Gasteiger charge is 2.10. The topological polar surface area (TPSA) is 59.0 Å². The minimum atomic E-state index is -0.628. The summed E-state index contributed by atoms with van der Waals surface area (Å²) in [5.41, 5.74) is 5.83. The molecule has 0 fully saturated rings. The van der Waals surface area contributed by atoms with Crippen molar-refractivity contribution in [2.45, 2.75) is 0 Å². The van der Waals surface area contributed by atoms with Gasteiger partial charge in [-0.2, -0.15) is 5.26 Å². The van der Waals surface area contributed by atoms with Gasteiger partial charge in [-0.3, -0.25) is 0 Å². The second kappa shape index (κ2) is 4.94. The van der Waals surface area contributed by atoms with E-state index in [1.54, 1.807) is 18.2 Å². The Bertz CT molecular complexity index is 637. The average Bonchev–Trinajstić information content (AvgIpc) is 2.34. The lowest BCUT2D eigenvalue weighted by Gasteiger charge is -2.08. The molecule has 0 aliphatic heterocycles. The fraction of sp³-hybridized carbons (Fsp3) is 0. The van der Waals surface area contributed by atoms with Gasteiger partial charge in [0.15, 0.2) is 0 Å². The van der Waals surface area contributed by atoms with Gasteiger partial charge in [-0.15, -0.1) is 0 Å². The van der Waals surface area contributed by atoms with Crippen LogP contribution in [0.2, 0.25) is 5.02 Å². The number of benzene rings is 2. The van der Waals surface area contributed by atoms with Crippen LogP contribution in [0.1, 0.15) is 5.56 Å². The van der Waals surface area contributed by atoms with Gasteiger partial charge < -0.3 is 10.5 Å². The van der Waals surface area contributed by atoms with Crippen LogP contribution in [-0.2, 0) is 0 Å². The van der Waals surface area contributed by atoms with Crippen molar-refractivity contribution >= 4 is 17.3 Å². The van der Waals surface area contributed by atoms with E-state index in [1.165, 1.54) is 24.3 Å². The number of nitrogens with zero attached hydrogens (tertiary/aromatic N) is 1. The molecule has 0 heterocycles. The first-order chi connectivity index (χ1) is 8.61. The average molecular weight is 263 g/mol. The number of anilines is 1. The number of ether oxygens (including phenoxy) is 1. The Balaban J connectivity index is 2.37.